The maximum atomic E-state index is 3.59. The largest absolute Gasteiger partial charge is 0.378 e. The number of halogens is 1. The van der Waals surface area contributed by atoms with E-state index in [1.807, 2.05) is 0 Å². The van der Waals surface area contributed by atoms with Gasteiger partial charge in [0.15, 0.2) is 0 Å². The van der Waals surface area contributed by atoms with Crippen molar-refractivity contribution in [3.8, 4) is 0 Å². The van der Waals surface area contributed by atoms with Gasteiger partial charge in [-0.25, -0.2) is 0 Å². The van der Waals surface area contributed by atoms with E-state index in [1.165, 1.54) is 22.4 Å². The summed E-state index contributed by atoms with van der Waals surface area (Å²) in [5.41, 5.74) is 5.15. The Morgan fingerprint density at radius 3 is 2.10 bits per heavy atom. The molecule has 0 saturated heterocycles. The van der Waals surface area contributed by atoms with Crippen molar-refractivity contribution < 1.29 is 0 Å². The van der Waals surface area contributed by atoms with E-state index < -0.39 is 0 Å². The average molecular weight is 332 g/mol. The second kappa shape index (κ2) is 6.45. The van der Waals surface area contributed by atoms with Crippen LogP contribution >= 0.6 is 15.9 Å². The van der Waals surface area contributed by atoms with Gasteiger partial charge in [0.2, 0.25) is 0 Å². The van der Waals surface area contributed by atoms with Gasteiger partial charge in [0.1, 0.15) is 0 Å². The lowest BCUT2D eigenvalue weighted by Crippen LogP contribution is -2.07. The van der Waals surface area contributed by atoms with Crippen LogP contribution in [0.1, 0.15) is 49.4 Å². The lowest BCUT2D eigenvalue weighted by molar-refractivity contribution is 0.851. The second-order valence-electron chi connectivity index (χ2n) is 5.65. The van der Waals surface area contributed by atoms with Gasteiger partial charge in [0.05, 0.1) is 0 Å². The summed E-state index contributed by atoms with van der Waals surface area (Å²) in [6.45, 7) is 8.77. The molecule has 0 aliphatic heterocycles. The number of benzene rings is 2. The van der Waals surface area contributed by atoms with Crippen LogP contribution in [0, 0.1) is 6.92 Å². The Hall–Kier alpha value is -1.28. The summed E-state index contributed by atoms with van der Waals surface area (Å²) < 4.78 is 1.10. The topological polar surface area (TPSA) is 12.0 Å². The van der Waals surface area contributed by atoms with E-state index in [0.717, 1.165) is 4.47 Å². The Bertz CT molecular complexity index is 572. The van der Waals surface area contributed by atoms with E-state index in [1.54, 1.807) is 0 Å². The van der Waals surface area contributed by atoms with Crippen molar-refractivity contribution in [2.24, 2.45) is 0 Å². The van der Waals surface area contributed by atoms with Gasteiger partial charge < -0.3 is 5.32 Å². The van der Waals surface area contributed by atoms with Gasteiger partial charge in [-0.1, -0.05) is 60.1 Å². The number of anilines is 1. The van der Waals surface area contributed by atoms with Crippen molar-refractivity contribution in [3.05, 3.63) is 63.6 Å². The highest BCUT2D eigenvalue weighted by atomic mass is 79.9. The molecule has 0 bridgehead atoms. The fraction of sp³-hybridized carbons (Fsp3) is 0.333. The molecule has 0 fully saturated rings. The summed E-state index contributed by atoms with van der Waals surface area (Å²) >= 11 is 3.53. The Morgan fingerprint density at radius 2 is 1.50 bits per heavy atom. The number of aryl methyl sites for hydroxylation is 1. The molecule has 0 aliphatic rings. The summed E-state index contributed by atoms with van der Waals surface area (Å²) in [5, 5.41) is 3.59. The molecule has 1 unspecified atom stereocenters. The van der Waals surface area contributed by atoms with E-state index in [4.69, 9.17) is 0 Å². The molecule has 0 aromatic heterocycles. The molecule has 0 saturated carbocycles. The molecule has 2 rings (SSSR count). The van der Waals surface area contributed by atoms with Crippen molar-refractivity contribution in [1.82, 2.24) is 0 Å². The van der Waals surface area contributed by atoms with Gasteiger partial charge in [0.25, 0.3) is 0 Å². The Balaban J connectivity index is 2.15. The van der Waals surface area contributed by atoms with Crippen LogP contribution in [0.2, 0.25) is 0 Å². The van der Waals surface area contributed by atoms with E-state index in [-0.39, 0.29) is 0 Å². The summed E-state index contributed by atoms with van der Waals surface area (Å²) in [7, 11) is 0. The molecule has 0 heterocycles. The highest BCUT2D eigenvalue weighted by Crippen LogP contribution is 2.26. The average Bonchev–Trinajstić information content (AvgIpc) is 2.43. The number of nitrogens with one attached hydrogen (secondary N) is 1. The van der Waals surface area contributed by atoms with Crippen molar-refractivity contribution in [3.63, 3.8) is 0 Å². The molecule has 2 aromatic carbocycles. The van der Waals surface area contributed by atoms with Crippen LogP contribution in [-0.2, 0) is 0 Å². The third-order valence-corrected chi connectivity index (χ3v) is 4.17. The molecule has 0 radical (unpaired) electrons. The SMILES string of the molecule is Cc1ccc(Br)cc1NC(C)c1ccc(C(C)C)cc1. The number of rotatable bonds is 4. The normalized spacial score (nSPS) is 12.5. The highest BCUT2D eigenvalue weighted by Gasteiger charge is 2.08. The fourth-order valence-electron chi connectivity index (χ4n) is 2.24. The summed E-state index contributed by atoms with van der Waals surface area (Å²) in [6, 6.07) is 15.5. The zero-order valence-corrected chi connectivity index (χ0v) is 14.2. The third-order valence-electron chi connectivity index (χ3n) is 3.67. The predicted molar refractivity (Wildman–Crippen MR) is 91.4 cm³/mol. The number of hydrogen-bond donors (Lipinski definition) is 1. The van der Waals surface area contributed by atoms with Crippen LogP contribution in [0.5, 0.6) is 0 Å². The predicted octanol–water partition coefficient (Wildman–Crippen LogP) is 6.05. The van der Waals surface area contributed by atoms with Crippen LogP contribution in [0.3, 0.4) is 0 Å². The standard InChI is InChI=1S/C18H22BrN/c1-12(2)15-6-8-16(9-7-15)14(4)20-18-11-17(19)10-5-13(18)3/h5-12,14,20H,1-4H3. The van der Waals surface area contributed by atoms with Gasteiger partial charge >= 0.3 is 0 Å². The van der Waals surface area contributed by atoms with E-state index in [0.29, 0.717) is 12.0 Å². The van der Waals surface area contributed by atoms with Gasteiger partial charge in [-0.05, 0) is 48.6 Å². The summed E-state index contributed by atoms with van der Waals surface area (Å²) in [6.07, 6.45) is 0. The molecule has 106 valence electrons. The minimum atomic E-state index is 0.296. The summed E-state index contributed by atoms with van der Waals surface area (Å²) in [4.78, 5) is 0. The first-order chi connectivity index (χ1) is 9.47. The minimum absolute atomic E-state index is 0.296. The monoisotopic (exact) mass is 331 g/mol. The first-order valence-corrected chi connectivity index (χ1v) is 7.89. The van der Waals surface area contributed by atoms with Gasteiger partial charge in [-0.15, -0.1) is 0 Å². The Kier molecular flexibility index (Phi) is 4.87. The van der Waals surface area contributed by atoms with Crippen molar-refractivity contribution in [1.29, 1.82) is 0 Å². The lowest BCUT2D eigenvalue weighted by Gasteiger charge is -2.18. The molecule has 1 nitrogen and oxygen atoms in total. The quantitative estimate of drug-likeness (QED) is 0.718. The van der Waals surface area contributed by atoms with Crippen LogP contribution in [0.4, 0.5) is 5.69 Å². The van der Waals surface area contributed by atoms with Crippen molar-refractivity contribution in [2.75, 3.05) is 5.32 Å². The van der Waals surface area contributed by atoms with Crippen molar-refractivity contribution in [2.45, 2.75) is 39.7 Å². The zero-order chi connectivity index (χ0) is 14.7. The Morgan fingerprint density at radius 1 is 0.900 bits per heavy atom. The maximum absolute atomic E-state index is 3.59. The maximum Gasteiger partial charge on any atom is 0.0485 e. The van der Waals surface area contributed by atoms with Gasteiger partial charge in [0, 0.05) is 16.2 Å². The highest BCUT2D eigenvalue weighted by molar-refractivity contribution is 9.10. The molecule has 1 N–H and O–H groups in total. The zero-order valence-electron chi connectivity index (χ0n) is 12.6. The molecular weight excluding hydrogens is 310 g/mol. The molecule has 0 spiro atoms. The fourth-order valence-corrected chi connectivity index (χ4v) is 2.60. The van der Waals surface area contributed by atoms with E-state index >= 15 is 0 Å². The van der Waals surface area contributed by atoms with Crippen LogP contribution < -0.4 is 5.32 Å². The molecule has 2 aromatic rings. The number of hydrogen-bond acceptors (Lipinski definition) is 1. The van der Waals surface area contributed by atoms with Gasteiger partial charge in [-0.2, -0.15) is 0 Å². The lowest BCUT2D eigenvalue weighted by atomic mass is 9.99. The third kappa shape index (κ3) is 3.63. The molecule has 2 heteroatoms. The molecule has 20 heavy (non-hydrogen) atoms. The molecule has 1 atom stereocenters. The van der Waals surface area contributed by atoms with Crippen LogP contribution in [-0.4, -0.2) is 0 Å². The smallest absolute Gasteiger partial charge is 0.0485 e. The van der Waals surface area contributed by atoms with E-state index in [9.17, 15) is 0 Å². The van der Waals surface area contributed by atoms with E-state index in [2.05, 4.69) is 91.4 Å². The molecular formula is C18H22BrN. The first kappa shape index (κ1) is 15.1. The van der Waals surface area contributed by atoms with Crippen molar-refractivity contribution >= 4 is 21.6 Å². The van der Waals surface area contributed by atoms with Gasteiger partial charge in [-0.3, -0.25) is 0 Å². The molecule has 0 amide bonds. The Labute approximate surface area is 130 Å². The molecule has 0 aliphatic carbocycles. The van der Waals surface area contributed by atoms with Crippen LogP contribution in [0.25, 0.3) is 0 Å². The first-order valence-electron chi connectivity index (χ1n) is 7.10. The summed E-state index contributed by atoms with van der Waals surface area (Å²) in [5.74, 6) is 0.583. The second-order valence-corrected chi connectivity index (χ2v) is 6.56. The minimum Gasteiger partial charge on any atom is -0.378 e. The van der Waals surface area contributed by atoms with Crippen LogP contribution in [0.15, 0.2) is 46.9 Å².